The maximum Gasteiger partial charge on any atom is 0.0857 e. The number of rotatable bonds is 1. The van der Waals surface area contributed by atoms with Gasteiger partial charge >= 0.3 is 0 Å². The van der Waals surface area contributed by atoms with E-state index in [4.69, 9.17) is 0 Å². The van der Waals surface area contributed by atoms with Crippen molar-refractivity contribution in [1.29, 1.82) is 0 Å². The molecule has 1 unspecified atom stereocenters. The van der Waals surface area contributed by atoms with E-state index in [1.807, 2.05) is 0 Å². The summed E-state index contributed by atoms with van der Waals surface area (Å²) in [6.07, 6.45) is 15.6. The highest BCUT2D eigenvalue weighted by molar-refractivity contribution is 5.18. The Kier molecular flexibility index (Phi) is 4.53. The summed E-state index contributed by atoms with van der Waals surface area (Å²) in [5, 5.41) is 11.1. The van der Waals surface area contributed by atoms with Crippen molar-refractivity contribution in [3.63, 3.8) is 0 Å². The Morgan fingerprint density at radius 2 is 1.67 bits per heavy atom. The fourth-order valence-electron chi connectivity index (χ4n) is 3.59. The van der Waals surface area contributed by atoms with Crippen LogP contribution in [-0.2, 0) is 0 Å². The molecule has 1 N–H and O–H groups in total. The normalized spacial score (nSPS) is 34.1. The van der Waals surface area contributed by atoms with Crippen LogP contribution in [0.15, 0.2) is 11.6 Å². The van der Waals surface area contributed by atoms with Crippen LogP contribution in [0.1, 0.15) is 84.5 Å². The molecular weight excluding hydrogens is 220 g/mol. The molecule has 0 radical (unpaired) electrons. The zero-order chi connectivity index (χ0) is 13.1. The SMILES string of the molecule is CC1(C)CCCC(O)(C2=CCCCCCC2)CC1. The number of aliphatic hydroxyl groups is 1. The van der Waals surface area contributed by atoms with E-state index in [1.54, 1.807) is 0 Å². The van der Waals surface area contributed by atoms with Gasteiger partial charge in [0, 0.05) is 0 Å². The third-order valence-electron chi connectivity index (χ3n) is 5.05. The Labute approximate surface area is 113 Å². The summed E-state index contributed by atoms with van der Waals surface area (Å²) in [7, 11) is 0. The second-order valence-electron chi connectivity index (χ2n) is 7.23. The average molecular weight is 250 g/mol. The molecule has 0 aromatic carbocycles. The third kappa shape index (κ3) is 3.60. The van der Waals surface area contributed by atoms with Gasteiger partial charge in [0.05, 0.1) is 5.60 Å². The lowest BCUT2D eigenvalue weighted by Crippen LogP contribution is -2.31. The maximum absolute atomic E-state index is 11.1. The Morgan fingerprint density at radius 1 is 0.889 bits per heavy atom. The second kappa shape index (κ2) is 5.77. The summed E-state index contributed by atoms with van der Waals surface area (Å²) in [6, 6.07) is 0. The summed E-state index contributed by atoms with van der Waals surface area (Å²) in [4.78, 5) is 0. The van der Waals surface area contributed by atoms with Crippen LogP contribution in [0.4, 0.5) is 0 Å². The van der Waals surface area contributed by atoms with E-state index in [1.165, 1.54) is 56.9 Å². The topological polar surface area (TPSA) is 20.2 Å². The molecule has 0 aromatic rings. The largest absolute Gasteiger partial charge is 0.386 e. The molecule has 1 fully saturated rings. The van der Waals surface area contributed by atoms with Crippen LogP contribution in [0.2, 0.25) is 0 Å². The molecule has 0 aliphatic heterocycles. The van der Waals surface area contributed by atoms with Crippen LogP contribution in [0.3, 0.4) is 0 Å². The quantitative estimate of drug-likeness (QED) is 0.513. The first-order valence-corrected chi connectivity index (χ1v) is 7.94. The van der Waals surface area contributed by atoms with Gasteiger partial charge in [0.1, 0.15) is 0 Å². The van der Waals surface area contributed by atoms with Crippen molar-refractivity contribution >= 4 is 0 Å². The second-order valence-corrected chi connectivity index (χ2v) is 7.23. The molecule has 0 spiro atoms. The van der Waals surface area contributed by atoms with Crippen molar-refractivity contribution in [2.75, 3.05) is 0 Å². The average Bonchev–Trinajstić information content (AvgIpc) is 2.38. The monoisotopic (exact) mass is 250 g/mol. The fourth-order valence-corrected chi connectivity index (χ4v) is 3.59. The lowest BCUT2D eigenvalue weighted by Gasteiger charge is -2.32. The smallest absolute Gasteiger partial charge is 0.0857 e. The number of hydrogen-bond acceptors (Lipinski definition) is 1. The van der Waals surface area contributed by atoms with Crippen molar-refractivity contribution < 1.29 is 5.11 Å². The molecule has 0 heterocycles. The Hall–Kier alpha value is -0.300. The number of hydrogen-bond donors (Lipinski definition) is 1. The molecule has 1 nitrogen and oxygen atoms in total. The summed E-state index contributed by atoms with van der Waals surface area (Å²) in [6.45, 7) is 4.70. The van der Waals surface area contributed by atoms with Crippen LogP contribution in [0, 0.1) is 5.41 Å². The minimum atomic E-state index is -0.467. The van der Waals surface area contributed by atoms with Gasteiger partial charge < -0.3 is 5.11 Å². The van der Waals surface area contributed by atoms with Crippen LogP contribution >= 0.6 is 0 Å². The molecule has 0 saturated heterocycles. The molecule has 2 rings (SSSR count). The van der Waals surface area contributed by atoms with E-state index in [-0.39, 0.29) is 0 Å². The highest BCUT2D eigenvalue weighted by Gasteiger charge is 2.36. The Morgan fingerprint density at radius 3 is 2.50 bits per heavy atom. The van der Waals surface area contributed by atoms with Crippen molar-refractivity contribution in [2.24, 2.45) is 5.41 Å². The molecule has 2 aliphatic carbocycles. The van der Waals surface area contributed by atoms with Gasteiger partial charge in [-0.2, -0.15) is 0 Å². The van der Waals surface area contributed by atoms with Gasteiger partial charge in [0.2, 0.25) is 0 Å². The summed E-state index contributed by atoms with van der Waals surface area (Å²) >= 11 is 0. The van der Waals surface area contributed by atoms with Crippen molar-refractivity contribution in [1.82, 2.24) is 0 Å². The molecule has 104 valence electrons. The van der Waals surface area contributed by atoms with E-state index in [9.17, 15) is 5.11 Å². The summed E-state index contributed by atoms with van der Waals surface area (Å²) in [5.74, 6) is 0. The molecule has 0 aromatic heterocycles. The van der Waals surface area contributed by atoms with Gasteiger partial charge in [-0.05, 0) is 68.8 Å². The summed E-state index contributed by atoms with van der Waals surface area (Å²) < 4.78 is 0. The first-order chi connectivity index (χ1) is 8.52. The van der Waals surface area contributed by atoms with Gasteiger partial charge in [-0.25, -0.2) is 0 Å². The molecule has 18 heavy (non-hydrogen) atoms. The van der Waals surface area contributed by atoms with Crippen LogP contribution in [0.25, 0.3) is 0 Å². The Balaban J connectivity index is 2.08. The highest BCUT2D eigenvalue weighted by Crippen LogP contribution is 2.42. The number of allylic oxidation sites excluding steroid dienone is 1. The molecule has 1 saturated carbocycles. The predicted octanol–water partition coefficient (Wildman–Crippen LogP) is 4.99. The Bertz CT molecular complexity index is 303. The maximum atomic E-state index is 11.1. The lowest BCUT2D eigenvalue weighted by atomic mass is 9.80. The standard InChI is InChI=1S/C17H30O/c1-16(2)11-8-12-17(18,14-13-16)15-9-6-4-3-5-7-10-15/h9,18H,3-8,10-14H2,1-2H3. The van der Waals surface area contributed by atoms with Crippen LogP contribution in [0.5, 0.6) is 0 Å². The zero-order valence-electron chi connectivity index (χ0n) is 12.3. The molecule has 0 bridgehead atoms. The summed E-state index contributed by atoms with van der Waals surface area (Å²) in [5.41, 5.74) is 1.33. The lowest BCUT2D eigenvalue weighted by molar-refractivity contribution is 0.0547. The van der Waals surface area contributed by atoms with Crippen molar-refractivity contribution in [3.05, 3.63) is 11.6 Å². The highest BCUT2D eigenvalue weighted by atomic mass is 16.3. The molecule has 1 heteroatoms. The molecular formula is C17H30O. The first kappa shape index (κ1) is 14.1. The fraction of sp³-hybridized carbons (Fsp3) is 0.882. The van der Waals surface area contributed by atoms with Gasteiger partial charge in [-0.15, -0.1) is 0 Å². The zero-order valence-corrected chi connectivity index (χ0v) is 12.3. The van der Waals surface area contributed by atoms with Gasteiger partial charge in [0.25, 0.3) is 0 Å². The van der Waals surface area contributed by atoms with Gasteiger partial charge in [0.15, 0.2) is 0 Å². The first-order valence-electron chi connectivity index (χ1n) is 7.94. The molecule has 0 amide bonds. The molecule has 1 atom stereocenters. The minimum Gasteiger partial charge on any atom is -0.386 e. The molecule has 2 aliphatic rings. The van der Waals surface area contributed by atoms with Crippen molar-refractivity contribution in [2.45, 2.75) is 90.1 Å². The third-order valence-corrected chi connectivity index (χ3v) is 5.05. The van der Waals surface area contributed by atoms with E-state index in [0.29, 0.717) is 5.41 Å². The van der Waals surface area contributed by atoms with E-state index >= 15 is 0 Å². The predicted molar refractivity (Wildman–Crippen MR) is 77.6 cm³/mol. The van der Waals surface area contributed by atoms with E-state index in [0.717, 1.165) is 19.3 Å². The van der Waals surface area contributed by atoms with E-state index < -0.39 is 5.60 Å². The van der Waals surface area contributed by atoms with Crippen LogP contribution in [-0.4, -0.2) is 10.7 Å². The van der Waals surface area contributed by atoms with Crippen LogP contribution < -0.4 is 0 Å². The van der Waals surface area contributed by atoms with Gasteiger partial charge in [-0.3, -0.25) is 0 Å². The van der Waals surface area contributed by atoms with Crippen molar-refractivity contribution in [3.8, 4) is 0 Å². The van der Waals surface area contributed by atoms with E-state index in [2.05, 4.69) is 19.9 Å². The van der Waals surface area contributed by atoms with Gasteiger partial charge in [-0.1, -0.05) is 32.8 Å². The minimum absolute atomic E-state index is 0.423.